The Morgan fingerprint density at radius 3 is 2.20 bits per heavy atom. The first kappa shape index (κ1) is 24.8. The van der Waals surface area contributed by atoms with E-state index in [2.05, 4.69) is 50.4 Å². The van der Waals surface area contributed by atoms with E-state index in [1.807, 2.05) is 36.4 Å². The fourth-order valence-corrected chi connectivity index (χ4v) is 4.63. The predicted molar refractivity (Wildman–Crippen MR) is 138 cm³/mol. The molecule has 0 spiro atoms. The second kappa shape index (κ2) is 10.1. The molecule has 2 unspecified atom stereocenters. The summed E-state index contributed by atoms with van der Waals surface area (Å²) >= 11 is 0. The van der Waals surface area contributed by atoms with Gasteiger partial charge in [-0.2, -0.15) is 0 Å². The van der Waals surface area contributed by atoms with E-state index in [-0.39, 0.29) is 30.9 Å². The minimum absolute atomic E-state index is 0.0152. The van der Waals surface area contributed by atoms with Gasteiger partial charge in [-0.05, 0) is 45.7 Å². The Hall–Kier alpha value is -3.35. The number of carbonyl (C=O) groups is 1. The average Bonchev–Trinajstić information content (AvgIpc) is 3.15. The van der Waals surface area contributed by atoms with Gasteiger partial charge < -0.3 is 26.0 Å². The van der Waals surface area contributed by atoms with Gasteiger partial charge in [0.1, 0.15) is 12.7 Å². The van der Waals surface area contributed by atoms with Crippen molar-refractivity contribution in [1.29, 1.82) is 0 Å². The lowest BCUT2D eigenvalue weighted by molar-refractivity contribution is 0.0140. The maximum Gasteiger partial charge on any atom is 0.407 e. The van der Waals surface area contributed by atoms with Gasteiger partial charge in [-0.3, -0.25) is 0 Å². The molecule has 0 radical (unpaired) electrons. The Labute approximate surface area is 206 Å². The average molecular weight is 475 g/mol. The van der Waals surface area contributed by atoms with E-state index < -0.39 is 18.3 Å². The van der Waals surface area contributed by atoms with Gasteiger partial charge in [-0.1, -0.05) is 81.4 Å². The van der Waals surface area contributed by atoms with Crippen LogP contribution in [-0.4, -0.2) is 35.6 Å². The smallest absolute Gasteiger partial charge is 0.407 e. The quantitative estimate of drug-likeness (QED) is 0.365. The highest BCUT2D eigenvalue weighted by Crippen LogP contribution is 2.44. The van der Waals surface area contributed by atoms with Crippen LogP contribution in [-0.2, 0) is 10.2 Å². The predicted octanol–water partition coefficient (Wildman–Crippen LogP) is 4.89. The molecule has 0 heterocycles. The molecule has 0 fully saturated rings. The number of anilines is 1. The summed E-state index contributed by atoms with van der Waals surface area (Å²) in [6, 6.07) is 21.8. The number of nitrogen functional groups attached to an aromatic ring is 1. The first-order valence-electron chi connectivity index (χ1n) is 12.0. The van der Waals surface area contributed by atoms with Crippen molar-refractivity contribution in [3.8, 4) is 11.1 Å². The number of nitrogens with two attached hydrogens (primary N) is 1. The SMILES string of the molecule is CC(C)(C)c1ccc(N)c(C(O)C(O)CCNC(=O)OCC2c3ccccc3-c3ccccc32)c1. The van der Waals surface area contributed by atoms with Crippen LogP contribution in [0.3, 0.4) is 0 Å². The van der Waals surface area contributed by atoms with E-state index in [1.54, 1.807) is 6.07 Å². The van der Waals surface area contributed by atoms with Gasteiger partial charge in [0.05, 0.1) is 6.10 Å². The number of amides is 1. The van der Waals surface area contributed by atoms with Gasteiger partial charge in [-0.25, -0.2) is 4.79 Å². The van der Waals surface area contributed by atoms with Crippen LogP contribution in [0, 0.1) is 0 Å². The number of hydrogen-bond donors (Lipinski definition) is 4. The van der Waals surface area contributed by atoms with Crippen LogP contribution in [0.15, 0.2) is 66.7 Å². The molecule has 5 N–H and O–H groups in total. The van der Waals surface area contributed by atoms with E-state index in [0.29, 0.717) is 11.3 Å². The topological polar surface area (TPSA) is 105 Å². The largest absolute Gasteiger partial charge is 0.449 e. The van der Waals surface area contributed by atoms with Crippen LogP contribution < -0.4 is 11.1 Å². The Bertz CT molecular complexity index is 1160. The molecule has 0 bridgehead atoms. The number of fused-ring (bicyclic) bond motifs is 3. The first-order chi connectivity index (χ1) is 16.7. The fraction of sp³-hybridized carbons (Fsp3) is 0.345. The maximum atomic E-state index is 12.4. The minimum Gasteiger partial charge on any atom is -0.449 e. The van der Waals surface area contributed by atoms with Crippen LogP contribution in [0.1, 0.15) is 61.5 Å². The summed E-state index contributed by atoms with van der Waals surface area (Å²) in [5.41, 5.74) is 12.5. The molecule has 0 saturated heterocycles. The summed E-state index contributed by atoms with van der Waals surface area (Å²) < 4.78 is 5.52. The van der Waals surface area contributed by atoms with Crippen molar-refractivity contribution in [2.75, 3.05) is 18.9 Å². The zero-order valence-corrected chi connectivity index (χ0v) is 20.5. The molecule has 3 aromatic rings. The van der Waals surface area contributed by atoms with E-state index in [9.17, 15) is 15.0 Å². The number of carbonyl (C=O) groups excluding carboxylic acids is 1. The van der Waals surface area contributed by atoms with Crippen LogP contribution in [0.4, 0.5) is 10.5 Å². The Kier molecular flexibility index (Phi) is 7.15. The second-order valence-electron chi connectivity index (χ2n) is 10.1. The molecule has 184 valence electrons. The lowest BCUT2D eigenvalue weighted by Gasteiger charge is -2.24. The van der Waals surface area contributed by atoms with Gasteiger partial charge >= 0.3 is 6.09 Å². The van der Waals surface area contributed by atoms with Gasteiger partial charge in [0.2, 0.25) is 0 Å². The fourth-order valence-electron chi connectivity index (χ4n) is 4.63. The standard InChI is InChI=1S/C29H34N2O4/c1-29(2,3)18-12-13-25(30)23(16-18)27(33)26(32)14-15-31-28(34)35-17-24-21-10-6-4-8-19(21)20-9-5-7-11-22(20)24/h4-13,16,24,26-27,32-33H,14-15,17,30H2,1-3H3,(H,31,34). The Balaban J connectivity index is 1.30. The monoisotopic (exact) mass is 474 g/mol. The number of ether oxygens (including phenoxy) is 1. The zero-order chi connectivity index (χ0) is 25.2. The molecular weight excluding hydrogens is 440 g/mol. The molecule has 4 rings (SSSR count). The summed E-state index contributed by atoms with van der Waals surface area (Å²) in [5, 5.41) is 23.9. The summed E-state index contributed by atoms with van der Waals surface area (Å²) in [7, 11) is 0. The summed E-state index contributed by atoms with van der Waals surface area (Å²) in [4.78, 5) is 12.4. The third kappa shape index (κ3) is 5.34. The number of aliphatic hydroxyl groups is 2. The molecule has 1 aliphatic rings. The van der Waals surface area contributed by atoms with Crippen molar-refractivity contribution >= 4 is 11.8 Å². The van der Waals surface area contributed by atoms with Gasteiger partial charge in [0.25, 0.3) is 0 Å². The van der Waals surface area contributed by atoms with Crippen molar-refractivity contribution in [2.45, 2.75) is 50.7 Å². The number of hydrogen-bond acceptors (Lipinski definition) is 5. The van der Waals surface area contributed by atoms with E-state index in [0.717, 1.165) is 16.7 Å². The lowest BCUT2D eigenvalue weighted by atomic mass is 9.84. The van der Waals surface area contributed by atoms with Crippen LogP contribution in [0.25, 0.3) is 11.1 Å². The van der Waals surface area contributed by atoms with Gasteiger partial charge in [0, 0.05) is 23.7 Å². The van der Waals surface area contributed by atoms with Crippen LogP contribution in [0.5, 0.6) is 0 Å². The van der Waals surface area contributed by atoms with Crippen molar-refractivity contribution in [3.05, 3.63) is 89.0 Å². The number of rotatable bonds is 7. The number of aliphatic hydroxyl groups excluding tert-OH is 2. The van der Waals surface area contributed by atoms with Crippen LogP contribution >= 0.6 is 0 Å². The normalized spacial score (nSPS) is 14.7. The molecule has 3 aromatic carbocycles. The lowest BCUT2D eigenvalue weighted by Crippen LogP contribution is -2.31. The highest BCUT2D eigenvalue weighted by molar-refractivity contribution is 5.79. The zero-order valence-electron chi connectivity index (χ0n) is 20.5. The molecule has 0 saturated carbocycles. The number of nitrogens with one attached hydrogen (secondary N) is 1. The van der Waals surface area contributed by atoms with E-state index in [1.165, 1.54) is 11.1 Å². The molecule has 6 heteroatoms. The molecular formula is C29H34N2O4. The van der Waals surface area contributed by atoms with Gasteiger partial charge in [0.15, 0.2) is 0 Å². The van der Waals surface area contributed by atoms with E-state index >= 15 is 0 Å². The molecule has 1 amide bonds. The van der Waals surface area contributed by atoms with Crippen molar-refractivity contribution in [1.82, 2.24) is 5.32 Å². The summed E-state index contributed by atoms with van der Waals surface area (Å²) in [6.45, 7) is 6.60. The summed E-state index contributed by atoms with van der Waals surface area (Å²) in [6.07, 6.45) is -2.63. The second-order valence-corrected chi connectivity index (χ2v) is 10.1. The molecule has 35 heavy (non-hydrogen) atoms. The van der Waals surface area contributed by atoms with Crippen molar-refractivity contribution in [3.63, 3.8) is 0 Å². The molecule has 0 aromatic heterocycles. The number of alkyl carbamates (subject to hydrolysis) is 1. The first-order valence-corrected chi connectivity index (χ1v) is 12.0. The molecule has 2 atom stereocenters. The molecule has 0 aliphatic heterocycles. The third-order valence-corrected chi connectivity index (χ3v) is 6.69. The molecule has 1 aliphatic carbocycles. The third-order valence-electron chi connectivity index (χ3n) is 6.69. The van der Waals surface area contributed by atoms with Crippen molar-refractivity contribution < 1.29 is 19.7 Å². The Morgan fingerprint density at radius 1 is 1.00 bits per heavy atom. The Morgan fingerprint density at radius 2 is 1.60 bits per heavy atom. The molecule has 6 nitrogen and oxygen atoms in total. The highest BCUT2D eigenvalue weighted by Gasteiger charge is 2.29. The van der Waals surface area contributed by atoms with E-state index in [4.69, 9.17) is 10.5 Å². The van der Waals surface area contributed by atoms with Gasteiger partial charge in [-0.15, -0.1) is 0 Å². The van der Waals surface area contributed by atoms with Crippen molar-refractivity contribution in [2.24, 2.45) is 0 Å². The maximum absolute atomic E-state index is 12.4. The minimum atomic E-state index is -1.15. The highest BCUT2D eigenvalue weighted by atomic mass is 16.5. The van der Waals surface area contributed by atoms with Crippen LogP contribution in [0.2, 0.25) is 0 Å². The summed E-state index contributed by atoms with van der Waals surface area (Å²) in [5.74, 6) is -0.0152. The number of benzene rings is 3.